The number of carbonyl (C=O) groups excluding carboxylic acids is 1. The van der Waals surface area contributed by atoms with Crippen molar-refractivity contribution in [1.29, 1.82) is 0 Å². The van der Waals surface area contributed by atoms with Gasteiger partial charge in [-0.15, -0.1) is 0 Å². The molecule has 0 saturated heterocycles. The van der Waals surface area contributed by atoms with Crippen LogP contribution in [0.1, 0.15) is 10.4 Å². The summed E-state index contributed by atoms with van der Waals surface area (Å²) in [6.07, 6.45) is 2.60. The van der Waals surface area contributed by atoms with E-state index in [1.807, 2.05) is 0 Å². The third-order valence-electron chi connectivity index (χ3n) is 2.82. The monoisotopic (exact) mass is 305 g/mol. The average Bonchev–Trinajstić information content (AvgIpc) is 2.47. The maximum Gasteiger partial charge on any atom is 0.257 e. The molecule has 2 N–H and O–H groups in total. The Bertz CT molecular complexity index is 738. The van der Waals surface area contributed by atoms with Crippen molar-refractivity contribution in [2.45, 2.75) is 4.90 Å². The van der Waals surface area contributed by atoms with Gasteiger partial charge in [0, 0.05) is 25.2 Å². The lowest BCUT2D eigenvalue weighted by atomic mass is 10.2. The first-order valence-corrected chi connectivity index (χ1v) is 8.04. The Balaban J connectivity index is 2.12. The molecule has 21 heavy (non-hydrogen) atoms. The van der Waals surface area contributed by atoms with Gasteiger partial charge in [0.05, 0.1) is 10.5 Å². The minimum Gasteiger partial charge on any atom is -0.373 e. The normalized spacial score (nSPS) is 11.0. The highest BCUT2D eigenvalue weighted by atomic mass is 32.2. The summed E-state index contributed by atoms with van der Waals surface area (Å²) < 4.78 is 22.7. The Hall–Kier alpha value is -2.41. The predicted octanol–water partition coefficient (Wildman–Crippen LogP) is 1.78. The van der Waals surface area contributed by atoms with Gasteiger partial charge in [-0.3, -0.25) is 4.79 Å². The number of sulfone groups is 1. The van der Waals surface area contributed by atoms with Crippen molar-refractivity contribution in [3.05, 3.63) is 48.2 Å². The number of amides is 1. The first-order valence-electron chi connectivity index (χ1n) is 6.15. The molecular formula is C14H15N3O3S. The zero-order chi connectivity index (χ0) is 15.5. The van der Waals surface area contributed by atoms with Crippen molar-refractivity contribution in [2.75, 3.05) is 23.9 Å². The Morgan fingerprint density at radius 3 is 2.24 bits per heavy atom. The maximum absolute atomic E-state index is 12.0. The van der Waals surface area contributed by atoms with Crippen molar-refractivity contribution in [3.8, 4) is 0 Å². The zero-order valence-electron chi connectivity index (χ0n) is 11.6. The molecule has 0 aliphatic rings. The van der Waals surface area contributed by atoms with Crippen LogP contribution >= 0.6 is 0 Å². The van der Waals surface area contributed by atoms with E-state index in [-0.39, 0.29) is 10.8 Å². The minimum absolute atomic E-state index is 0.209. The van der Waals surface area contributed by atoms with Crippen LogP contribution in [0, 0.1) is 0 Å². The second-order valence-corrected chi connectivity index (χ2v) is 6.45. The quantitative estimate of drug-likeness (QED) is 0.899. The van der Waals surface area contributed by atoms with E-state index in [9.17, 15) is 13.2 Å². The van der Waals surface area contributed by atoms with Gasteiger partial charge >= 0.3 is 0 Å². The van der Waals surface area contributed by atoms with Crippen LogP contribution in [-0.4, -0.2) is 32.6 Å². The van der Waals surface area contributed by atoms with Gasteiger partial charge < -0.3 is 10.6 Å². The fourth-order valence-corrected chi connectivity index (χ4v) is 2.30. The first kappa shape index (κ1) is 15.0. The van der Waals surface area contributed by atoms with Crippen LogP contribution in [0.4, 0.5) is 11.5 Å². The summed E-state index contributed by atoms with van der Waals surface area (Å²) in [7, 11) is -1.50. The predicted molar refractivity (Wildman–Crippen MR) is 81.3 cm³/mol. The number of aromatic nitrogens is 1. The van der Waals surface area contributed by atoms with Crippen molar-refractivity contribution in [1.82, 2.24) is 4.98 Å². The Morgan fingerprint density at radius 1 is 1.10 bits per heavy atom. The Kier molecular flexibility index (Phi) is 4.23. The smallest absolute Gasteiger partial charge is 0.257 e. The molecule has 0 fully saturated rings. The number of benzene rings is 1. The molecule has 1 aromatic carbocycles. The van der Waals surface area contributed by atoms with Gasteiger partial charge in [0.2, 0.25) is 0 Å². The van der Waals surface area contributed by atoms with Gasteiger partial charge in [-0.1, -0.05) is 0 Å². The Morgan fingerprint density at radius 2 is 1.76 bits per heavy atom. The second-order valence-electron chi connectivity index (χ2n) is 4.43. The van der Waals surface area contributed by atoms with Crippen molar-refractivity contribution >= 4 is 27.2 Å². The molecule has 110 valence electrons. The molecule has 0 aliphatic carbocycles. The molecule has 1 aromatic heterocycles. The standard InChI is InChI=1S/C14H15N3O3S/c1-15-13-8-3-10(9-16-13)14(18)17-11-4-6-12(7-5-11)21(2,19)20/h3-9H,1-2H3,(H,15,16)(H,17,18). The van der Waals surface area contributed by atoms with Crippen LogP contribution in [0.25, 0.3) is 0 Å². The number of nitrogens with one attached hydrogen (secondary N) is 2. The minimum atomic E-state index is -3.24. The van der Waals surface area contributed by atoms with E-state index in [1.54, 1.807) is 31.3 Å². The molecule has 0 atom stereocenters. The van der Waals surface area contributed by atoms with Crippen molar-refractivity contribution < 1.29 is 13.2 Å². The lowest BCUT2D eigenvalue weighted by molar-refractivity contribution is 0.102. The average molecular weight is 305 g/mol. The lowest BCUT2D eigenvalue weighted by Gasteiger charge is -2.06. The van der Waals surface area contributed by atoms with Gasteiger partial charge in [0.15, 0.2) is 9.84 Å². The molecule has 0 bridgehead atoms. The van der Waals surface area contributed by atoms with Crippen LogP contribution in [-0.2, 0) is 9.84 Å². The van der Waals surface area contributed by atoms with Crippen LogP contribution in [0.3, 0.4) is 0 Å². The summed E-state index contributed by atoms with van der Waals surface area (Å²) >= 11 is 0. The maximum atomic E-state index is 12.0. The van der Waals surface area contributed by atoms with Crippen LogP contribution in [0.15, 0.2) is 47.5 Å². The van der Waals surface area contributed by atoms with Crippen molar-refractivity contribution in [2.24, 2.45) is 0 Å². The molecule has 1 heterocycles. The number of hydrogen-bond donors (Lipinski definition) is 2. The molecule has 1 amide bonds. The van der Waals surface area contributed by atoms with E-state index in [0.29, 0.717) is 17.1 Å². The van der Waals surface area contributed by atoms with E-state index in [1.165, 1.54) is 18.3 Å². The molecule has 0 unspecified atom stereocenters. The van der Waals surface area contributed by atoms with Crippen LogP contribution in [0.5, 0.6) is 0 Å². The molecule has 0 radical (unpaired) electrons. The third kappa shape index (κ3) is 3.79. The van der Waals surface area contributed by atoms with E-state index in [0.717, 1.165) is 6.26 Å². The van der Waals surface area contributed by atoms with Gasteiger partial charge in [0.25, 0.3) is 5.91 Å². The molecule has 0 aliphatic heterocycles. The topological polar surface area (TPSA) is 88.2 Å². The number of rotatable bonds is 4. The summed E-state index contributed by atoms with van der Waals surface area (Å²) in [5.74, 6) is 0.362. The van der Waals surface area contributed by atoms with E-state index >= 15 is 0 Å². The van der Waals surface area contributed by atoms with Crippen LogP contribution in [0.2, 0.25) is 0 Å². The van der Waals surface area contributed by atoms with Gasteiger partial charge in [-0.25, -0.2) is 13.4 Å². The summed E-state index contributed by atoms with van der Waals surface area (Å²) in [6.45, 7) is 0. The first-order chi connectivity index (χ1) is 9.90. The molecular weight excluding hydrogens is 290 g/mol. The van der Waals surface area contributed by atoms with E-state index in [2.05, 4.69) is 15.6 Å². The summed E-state index contributed by atoms with van der Waals surface area (Å²) in [5, 5.41) is 5.54. The number of hydrogen-bond acceptors (Lipinski definition) is 5. The number of nitrogens with zero attached hydrogens (tertiary/aromatic N) is 1. The molecule has 2 rings (SSSR count). The highest BCUT2D eigenvalue weighted by Gasteiger charge is 2.09. The molecule has 2 aromatic rings. The van der Waals surface area contributed by atoms with Gasteiger partial charge in [0.1, 0.15) is 5.82 Å². The number of carbonyl (C=O) groups is 1. The highest BCUT2D eigenvalue weighted by Crippen LogP contribution is 2.15. The molecule has 0 spiro atoms. The summed E-state index contributed by atoms with van der Waals surface area (Å²) in [4.78, 5) is 16.3. The van der Waals surface area contributed by atoms with Crippen molar-refractivity contribution in [3.63, 3.8) is 0 Å². The van der Waals surface area contributed by atoms with Gasteiger partial charge in [-0.2, -0.15) is 0 Å². The molecule has 7 heteroatoms. The summed E-state index contributed by atoms with van der Waals surface area (Å²) in [5.41, 5.74) is 0.936. The molecule has 0 saturated carbocycles. The second kappa shape index (κ2) is 5.92. The zero-order valence-corrected chi connectivity index (χ0v) is 12.4. The van der Waals surface area contributed by atoms with Crippen LogP contribution < -0.4 is 10.6 Å². The third-order valence-corrected chi connectivity index (χ3v) is 3.95. The highest BCUT2D eigenvalue weighted by molar-refractivity contribution is 7.90. The van der Waals surface area contributed by atoms with E-state index in [4.69, 9.17) is 0 Å². The van der Waals surface area contributed by atoms with Gasteiger partial charge in [-0.05, 0) is 36.4 Å². The number of pyridine rings is 1. The summed E-state index contributed by atoms with van der Waals surface area (Å²) in [6, 6.07) is 9.34. The largest absolute Gasteiger partial charge is 0.373 e. The SMILES string of the molecule is CNc1ccc(C(=O)Nc2ccc(S(C)(=O)=O)cc2)cn1. The molecule has 6 nitrogen and oxygen atoms in total. The Labute approximate surface area is 123 Å². The fraction of sp³-hybridized carbons (Fsp3) is 0.143. The van der Waals surface area contributed by atoms with E-state index < -0.39 is 9.84 Å². The fourth-order valence-electron chi connectivity index (χ4n) is 1.66. The lowest BCUT2D eigenvalue weighted by Crippen LogP contribution is -2.12. The number of anilines is 2.